The maximum atomic E-state index is 12.7. The number of benzene rings is 2. The average molecular weight is 372 g/mol. The summed E-state index contributed by atoms with van der Waals surface area (Å²) in [6.07, 6.45) is 3.34. The van der Waals surface area contributed by atoms with Gasteiger partial charge in [-0.1, -0.05) is 48.5 Å². The monoisotopic (exact) mass is 372 g/mol. The summed E-state index contributed by atoms with van der Waals surface area (Å²) in [5, 5.41) is 3.01. The molecule has 1 atom stereocenters. The predicted molar refractivity (Wildman–Crippen MR) is 103 cm³/mol. The van der Waals surface area contributed by atoms with Crippen molar-refractivity contribution in [3.63, 3.8) is 0 Å². The molecule has 26 heavy (non-hydrogen) atoms. The Morgan fingerprint density at radius 3 is 2.54 bits per heavy atom. The molecule has 1 N–H and O–H groups in total. The molecular weight excluding hydrogens is 348 g/mol. The van der Waals surface area contributed by atoms with E-state index in [4.69, 9.17) is 0 Å². The van der Waals surface area contributed by atoms with Crippen molar-refractivity contribution in [1.82, 2.24) is 4.31 Å². The molecule has 3 rings (SSSR count). The van der Waals surface area contributed by atoms with E-state index in [1.165, 1.54) is 16.1 Å². The van der Waals surface area contributed by atoms with Gasteiger partial charge in [-0.05, 0) is 36.5 Å². The Bertz CT molecular complexity index is 866. The molecular formula is C20H24N2O3S. The molecule has 0 bridgehead atoms. The summed E-state index contributed by atoms with van der Waals surface area (Å²) in [5.41, 5.74) is 3.01. The van der Waals surface area contributed by atoms with E-state index >= 15 is 0 Å². The van der Waals surface area contributed by atoms with E-state index < -0.39 is 10.0 Å². The number of sulfonamides is 1. The molecule has 5 nitrogen and oxygen atoms in total. The second kappa shape index (κ2) is 8.01. The van der Waals surface area contributed by atoms with Crippen molar-refractivity contribution < 1.29 is 13.2 Å². The lowest BCUT2D eigenvalue weighted by molar-refractivity contribution is -0.120. The maximum Gasteiger partial charge on any atom is 0.228 e. The van der Waals surface area contributed by atoms with E-state index in [0.29, 0.717) is 19.4 Å². The first-order valence-corrected chi connectivity index (χ1v) is 10.7. The van der Waals surface area contributed by atoms with Crippen LogP contribution in [0.4, 0.5) is 5.69 Å². The van der Waals surface area contributed by atoms with Crippen LogP contribution in [0.3, 0.4) is 0 Å². The third kappa shape index (κ3) is 4.71. The highest BCUT2D eigenvalue weighted by Crippen LogP contribution is 2.23. The van der Waals surface area contributed by atoms with Crippen LogP contribution < -0.4 is 5.32 Å². The SMILES string of the molecule is CS(=O)(=O)N1CCC[C@@H](C(=O)Nc2ccccc2Cc2ccccc2)C1. The number of nitrogens with one attached hydrogen (secondary N) is 1. The number of piperidine rings is 1. The fourth-order valence-electron chi connectivity index (χ4n) is 3.30. The third-order valence-corrected chi connectivity index (χ3v) is 6.01. The van der Waals surface area contributed by atoms with Gasteiger partial charge in [-0.25, -0.2) is 12.7 Å². The molecule has 1 amide bonds. The molecule has 1 fully saturated rings. The van der Waals surface area contributed by atoms with Crippen molar-refractivity contribution in [2.45, 2.75) is 19.3 Å². The van der Waals surface area contributed by atoms with Crippen LogP contribution >= 0.6 is 0 Å². The molecule has 1 aliphatic heterocycles. The Hall–Kier alpha value is -2.18. The minimum atomic E-state index is -3.26. The van der Waals surface area contributed by atoms with Crippen LogP contribution in [0, 0.1) is 5.92 Å². The van der Waals surface area contributed by atoms with E-state index in [9.17, 15) is 13.2 Å². The molecule has 2 aromatic carbocycles. The normalized spacial score (nSPS) is 18.4. The topological polar surface area (TPSA) is 66.5 Å². The quantitative estimate of drug-likeness (QED) is 0.878. The predicted octanol–water partition coefficient (Wildman–Crippen LogP) is 2.89. The summed E-state index contributed by atoms with van der Waals surface area (Å²) in [6, 6.07) is 17.9. The number of rotatable bonds is 5. The summed E-state index contributed by atoms with van der Waals surface area (Å²) in [6.45, 7) is 0.749. The molecule has 0 unspecified atom stereocenters. The highest BCUT2D eigenvalue weighted by Gasteiger charge is 2.30. The van der Waals surface area contributed by atoms with Gasteiger partial charge >= 0.3 is 0 Å². The van der Waals surface area contributed by atoms with Crippen molar-refractivity contribution in [2.75, 3.05) is 24.7 Å². The number of carbonyl (C=O) groups is 1. The molecule has 0 aromatic heterocycles. The maximum absolute atomic E-state index is 12.7. The Morgan fingerprint density at radius 1 is 1.12 bits per heavy atom. The summed E-state index contributed by atoms with van der Waals surface area (Å²) < 4.78 is 24.9. The lowest BCUT2D eigenvalue weighted by Crippen LogP contribution is -2.43. The summed E-state index contributed by atoms with van der Waals surface area (Å²) in [5.74, 6) is -0.429. The van der Waals surface area contributed by atoms with E-state index in [1.54, 1.807) is 0 Å². The fourth-order valence-corrected chi connectivity index (χ4v) is 4.22. The second-order valence-electron chi connectivity index (χ2n) is 6.77. The largest absolute Gasteiger partial charge is 0.326 e. The number of hydrogen-bond acceptors (Lipinski definition) is 3. The van der Waals surface area contributed by atoms with Gasteiger partial charge in [0.15, 0.2) is 0 Å². The van der Waals surface area contributed by atoms with Gasteiger partial charge in [0.2, 0.25) is 15.9 Å². The molecule has 1 aliphatic rings. The number of anilines is 1. The highest BCUT2D eigenvalue weighted by molar-refractivity contribution is 7.88. The second-order valence-corrected chi connectivity index (χ2v) is 8.75. The Morgan fingerprint density at radius 2 is 1.81 bits per heavy atom. The summed E-state index contributed by atoms with van der Waals surface area (Å²) in [4.78, 5) is 12.7. The van der Waals surface area contributed by atoms with Crippen molar-refractivity contribution in [3.05, 3.63) is 65.7 Å². The molecule has 1 saturated heterocycles. The van der Waals surface area contributed by atoms with Gasteiger partial charge in [0.05, 0.1) is 12.2 Å². The molecule has 138 valence electrons. The molecule has 0 aliphatic carbocycles. The zero-order chi connectivity index (χ0) is 18.6. The first-order chi connectivity index (χ1) is 12.4. The van der Waals surface area contributed by atoms with Crippen LogP contribution in [-0.2, 0) is 21.2 Å². The smallest absolute Gasteiger partial charge is 0.228 e. The zero-order valence-electron chi connectivity index (χ0n) is 14.9. The molecule has 2 aromatic rings. The summed E-state index contributed by atoms with van der Waals surface area (Å²) >= 11 is 0. The van der Waals surface area contributed by atoms with E-state index in [1.807, 2.05) is 42.5 Å². The van der Waals surface area contributed by atoms with Crippen LogP contribution in [0.2, 0.25) is 0 Å². The van der Waals surface area contributed by atoms with Crippen LogP contribution in [0.5, 0.6) is 0 Å². The lowest BCUT2D eigenvalue weighted by atomic mass is 9.98. The number of hydrogen-bond donors (Lipinski definition) is 1. The van der Waals surface area contributed by atoms with Crippen LogP contribution in [-0.4, -0.2) is 38.0 Å². The van der Waals surface area contributed by atoms with Crippen LogP contribution in [0.25, 0.3) is 0 Å². The van der Waals surface area contributed by atoms with Crippen molar-refractivity contribution in [3.8, 4) is 0 Å². The number of nitrogens with zero attached hydrogens (tertiary/aromatic N) is 1. The zero-order valence-corrected chi connectivity index (χ0v) is 15.7. The van der Waals surface area contributed by atoms with Gasteiger partial charge in [0, 0.05) is 18.8 Å². The highest BCUT2D eigenvalue weighted by atomic mass is 32.2. The number of para-hydroxylation sites is 1. The Kier molecular flexibility index (Phi) is 5.74. The standard InChI is InChI=1S/C20H24N2O3S/c1-26(24,25)22-13-7-11-18(15-22)20(23)21-19-12-6-5-10-17(19)14-16-8-3-2-4-9-16/h2-6,8-10,12,18H,7,11,13-15H2,1H3,(H,21,23)/t18-/m1/s1. The van der Waals surface area contributed by atoms with E-state index in [-0.39, 0.29) is 18.4 Å². The molecule has 1 heterocycles. The Balaban J connectivity index is 1.71. The van der Waals surface area contributed by atoms with E-state index in [2.05, 4.69) is 17.4 Å². The fraction of sp³-hybridized carbons (Fsp3) is 0.350. The molecule has 0 spiro atoms. The van der Waals surface area contributed by atoms with Crippen molar-refractivity contribution >= 4 is 21.6 Å². The van der Waals surface area contributed by atoms with Gasteiger partial charge in [0.1, 0.15) is 0 Å². The first-order valence-electron chi connectivity index (χ1n) is 8.81. The third-order valence-electron chi connectivity index (χ3n) is 4.74. The van der Waals surface area contributed by atoms with Gasteiger partial charge in [0.25, 0.3) is 0 Å². The van der Waals surface area contributed by atoms with E-state index in [0.717, 1.165) is 17.7 Å². The van der Waals surface area contributed by atoms with Crippen LogP contribution in [0.15, 0.2) is 54.6 Å². The molecule has 0 saturated carbocycles. The Labute approximate surface area is 155 Å². The minimum Gasteiger partial charge on any atom is -0.326 e. The van der Waals surface area contributed by atoms with Gasteiger partial charge in [-0.3, -0.25) is 4.79 Å². The first kappa shape index (κ1) is 18.6. The minimum absolute atomic E-state index is 0.112. The van der Waals surface area contributed by atoms with Gasteiger partial charge in [-0.2, -0.15) is 0 Å². The van der Waals surface area contributed by atoms with Crippen LogP contribution in [0.1, 0.15) is 24.0 Å². The lowest BCUT2D eigenvalue weighted by Gasteiger charge is -2.30. The van der Waals surface area contributed by atoms with Crippen molar-refractivity contribution in [2.24, 2.45) is 5.92 Å². The van der Waals surface area contributed by atoms with Gasteiger partial charge in [-0.15, -0.1) is 0 Å². The summed E-state index contributed by atoms with van der Waals surface area (Å²) in [7, 11) is -3.26. The average Bonchev–Trinajstić information content (AvgIpc) is 2.63. The number of carbonyl (C=O) groups excluding carboxylic acids is 1. The van der Waals surface area contributed by atoms with Gasteiger partial charge < -0.3 is 5.32 Å². The van der Waals surface area contributed by atoms with Crippen molar-refractivity contribution in [1.29, 1.82) is 0 Å². The molecule has 6 heteroatoms. The number of amides is 1. The molecule has 0 radical (unpaired) electrons.